The second kappa shape index (κ2) is 9.46. The zero-order chi connectivity index (χ0) is 28.2. The highest BCUT2D eigenvalue weighted by Gasteiger charge is 2.66. The van der Waals surface area contributed by atoms with E-state index < -0.39 is 58.3 Å². The number of hydrogen-bond donors (Lipinski definition) is 3. The van der Waals surface area contributed by atoms with Crippen LogP contribution in [-0.2, 0) is 30.3 Å². The maximum absolute atomic E-state index is 13.8. The summed E-state index contributed by atoms with van der Waals surface area (Å²) in [5.74, 6) is -9.82. The van der Waals surface area contributed by atoms with Crippen LogP contribution in [0.3, 0.4) is 0 Å². The molecule has 3 aliphatic carbocycles. The van der Waals surface area contributed by atoms with E-state index in [0.717, 1.165) is 5.56 Å². The highest BCUT2D eigenvalue weighted by Crippen LogP contribution is 2.51. The molecule has 1 amide bonds. The average molecular weight is 534 g/mol. The Hall–Kier alpha value is -4.31. The van der Waals surface area contributed by atoms with Crippen molar-refractivity contribution in [3.63, 3.8) is 0 Å². The number of carbonyl (C=O) groups excluding carboxylic acids is 5. The molecule has 4 N–H and O–H groups in total. The number of methoxy groups -OCH3 is 2. The van der Waals surface area contributed by atoms with Gasteiger partial charge in [-0.2, -0.15) is 0 Å². The van der Waals surface area contributed by atoms with E-state index >= 15 is 0 Å². The number of aliphatic hydroxyl groups is 1. The number of Topliss-reactive ketones (excluding diaryl/α,β-unsaturated/α-hetero) is 4. The molecule has 0 bridgehead atoms. The summed E-state index contributed by atoms with van der Waals surface area (Å²) in [4.78, 5) is 64.8. The Morgan fingerprint density at radius 1 is 1.08 bits per heavy atom. The maximum Gasteiger partial charge on any atom is 0.235 e. The van der Waals surface area contributed by atoms with Crippen molar-refractivity contribution in [1.29, 1.82) is 0 Å². The van der Waals surface area contributed by atoms with Crippen LogP contribution in [0, 0.1) is 23.7 Å². The smallest absolute Gasteiger partial charge is 0.235 e. The van der Waals surface area contributed by atoms with Gasteiger partial charge in [0.1, 0.15) is 11.5 Å². The number of aromatic hydroxyl groups is 1. The first-order valence-electron chi connectivity index (χ1n) is 12.4. The van der Waals surface area contributed by atoms with Gasteiger partial charge in [0.2, 0.25) is 5.91 Å². The first kappa shape index (κ1) is 26.3. The molecule has 0 heterocycles. The number of ether oxygens (including phenoxy) is 2. The van der Waals surface area contributed by atoms with Gasteiger partial charge >= 0.3 is 0 Å². The molecule has 0 saturated heterocycles. The quantitative estimate of drug-likeness (QED) is 0.382. The predicted octanol–water partition coefficient (Wildman–Crippen LogP) is 1.62. The van der Waals surface area contributed by atoms with Gasteiger partial charge < -0.3 is 25.4 Å². The van der Waals surface area contributed by atoms with Gasteiger partial charge in [0.15, 0.2) is 34.7 Å². The summed E-state index contributed by atoms with van der Waals surface area (Å²) < 4.78 is 10.4. The molecule has 2 saturated carbocycles. The van der Waals surface area contributed by atoms with Crippen molar-refractivity contribution in [2.75, 3.05) is 14.2 Å². The van der Waals surface area contributed by atoms with E-state index in [1.807, 2.05) is 6.07 Å². The SMILES string of the molecule is COC=Cc1cc(-c2ccc(O)c3c2C[C@H]2C[C@H]4CC(=O)C(C(N)=O)C(=O)[C@@]4(O)C(=O)C2C3=O)ccc1OC. The number of primary amides is 1. The molecule has 202 valence electrons. The summed E-state index contributed by atoms with van der Waals surface area (Å²) in [5, 5.41) is 22.0. The van der Waals surface area contributed by atoms with Crippen LogP contribution in [0.2, 0.25) is 0 Å². The fraction of sp³-hybridized carbons (Fsp3) is 0.345. The van der Waals surface area contributed by atoms with E-state index in [1.165, 1.54) is 26.5 Å². The van der Waals surface area contributed by atoms with Crippen LogP contribution in [0.4, 0.5) is 0 Å². The average Bonchev–Trinajstić information content (AvgIpc) is 2.89. The van der Waals surface area contributed by atoms with Gasteiger partial charge in [0, 0.05) is 17.9 Å². The van der Waals surface area contributed by atoms with Crippen molar-refractivity contribution in [2.24, 2.45) is 29.4 Å². The van der Waals surface area contributed by atoms with Crippen LogP contribution in [0.25, 0.3) is 17.2 Å². The van der Waals surface area contributed by atoms with Gasteiger partial charge in [-0.25, -0.2) is 0 Å². The summed E-state index contributed by atoms with van der Waals surface area (Å²) >= 11 is 0. The molecular formula is C29H27NO9. The van der Waals surface area contributed by atoms with Crippen molar-refractivity contribution in [3.05, 3.63) is 53.3 Å². The molecule has 3 aliphatic rings. The zero-order valence-electron chi connectivity index (χ0n) is 21.3. The van der Waals surface area contributed by atoms with E-state index in [4.69, 9.17) is 15.2 Å². The monoisotopic (exact) mass is 533 g/mol. The molecule has 2 aromatic carbocycles. The molecular weight excluding hydrogens is 506 g/mol. The Labute approximate surface area is 223 Å². The molecule has 10 nitrogen and oxygen atoms in total. The van der Waals surface area contributed by atoms with Crippen LogP contribution >= 0.6 is 0 Å². The van der Waals surface area contributed by atoms with E-state index in [2.05, 4.69) is 0 Å². The Morgan fingerprint density at radius 2 is 1.82 bits per heavy atom. The number of carbonyl (C=O) groups is 5. The molecule has 5 rings (SSSR count). The molecule has 10 heteroatoms. The first-order chi connectivity index (χ1) is 18.5. The Kier molecular flexibility index (Phi) is 6.38. The second-order valence-corrected chi connectivity index (χ2v) is 10.2. The lowest BCUT2D eigenvalue weighted by atomic mass is 9.53. The molecule has 5 atom stereocenters. The standard InChI is InChI=1S/C29H27NO9/c1-38-8-7-14-9-13(3-6-21(14)39-2)17-4-5-19(31)23-18(17)11-15-10-16-12-20(32)24(28(30)36)27(35)29(16,37)26(34)22(15)25(23)33/h3-9,15-16,22,24,31,37H,10-12H2,1-2H3,(H2,30,36)/t15-,16+,22?,24?,29+/m1/s1. The lowest BCUT2D eigenvalue weighted by Crippen LogP contribution is -2.68. The minimum Gasteiger partial charge on any atom is -0.507 e. The van der Waals surface area contributed by atoms with Crippen LogP contribution in [0.1, 0.15) is 34.3 Å². The van der Waals surface area contributed by atoms with E-state index in [0.29, 0.717) is 22.4 Å². The number of ketones is 4. The van der Waals surface area contributed by atoms with E-state index in [-0.39, 0.29) is 30.6 Å². The largest absolute Gasteiger partial charge is 0.507 e. The van der Waals surface area contributed by atoms with Crippen LogP contribution in [0.5, 0.6) is 11.5 Å². The van der Waals surface area contributed by atoms with Crippen molar-refractivity contribution < 1.29 is 43.7 Å². The first-order valence-corrected chi connectivity index (χ1v) is 12.4. The fourth-order valence-electron chi connectivity index (χ4n) is 6.41. The molecule has 0 spiro atoms. The number of phenols is 1. The molecule has 0 radical (unpaired) electrons. The van der Waals surface area contributed by atoms with Gasteiger partial charge in [-0.15, -0.1) is 0 Å². The number of fused-ring (bicyclic) bond motifs is 3. The van der Waals surface area contributed by atoms with Gasteiger partial charge in [-0.05, 0) is 59.7 Å². The zero-order valence-corrected chi connectivity index (χ0v) is 21.3. The summed E-state index contributed by atoms with van der Waals surface area (Å²) in [6.45, 7) is 0. The molecule has 0 aliphatic heterocycles. The minimum atomic E-state index is -2.67. The second-order valence-electron chi connectivity index (χ2n) is 10.2. The van der Waals surface area contributed by atoms with Crippen molar-refractivity contribution in [1.82, 2.24) is 0 Å². The number of benzene rings is 2. The van der Waals surface area contributed by atoms with E-state index in [1.54, 1.807) is 24.3 Å². The maximum atomic E-state index is 13.8. The minimum absolute atomic E-state index is 0.0284. The summed E-state index contributed by atoms with van der Waals surface area (Å²) in [7, 11) is 3.05. The molecule has 2 aromatic rings. The number of rotatable bonds is 5. The fourth-order valence-corrected chi connectivity index (χ4v) is 6.41. The van der Waals surface area contributed by atoms with Crippen LogP contribution in [-0.4, -0.2) is 59.1 Å². The van der Waals surface area contributed by atoms with E-state index in [9.17, 15) is 34.2 Å². The van der Waals surface area contributed by atoms with Gasteiger partial charge in [0.05, 0.1) is 32.0 Å². The third-order valence-electron chi connectivity index (χ3n) is 8.21. The van der Waals surface area contributed by atoms with Crippen molar-refractivity contribution in [2.45, 2.75) is 24.9 Å². The summed E-state index contributed by atoms with van der Waals surface area (Å²) in [6.07, 6.45) is 3.04. The van der Waals surface area contributed by atoms with Crippen LogP contribution < -0.4 is 10.5 Å². The topological polar surface area (TPSA) is 170 Å². The number of phenolic OH excluding ortho intramolecular Hbond substituents is 1. The Balaban J connectivity index is 1.60. The molecule has 2 unspecified atom stereocenters. The lowest BCUT2D eigenvalue weighted by molar-refractivity contribution is -0.175. The Morgan fingerprint density at radius 3 is 2.49 bits per heavy atom. The molecule has 2 fully saturated rings. The number of hydrogen-bond acceptors (Lipinski definition) is 9. The summed E-state index contributed by atoms with van der Waals surface area (Å²) in [6, 6.07) is 8.44. The lowest BCUT2D eigenvalue weighted by Gasteiger charge is -2.48. The third-order valence-corrected chi connectivity index (χ3v) is 8.21. The Bertz CT molecular complexity index is 1480. The van der Waals surface area contributed by atoms with Crippen LogP contribution in [0.15, 0.2) is 36.6 Å². The highest BCUT2D eigenvalue weighted by atomic mass is 16.5. The molecule has 39 heavy (non-hydrogen) atoms. The normalized spacial score (nSPS) is 28.1. The third kappa shape index (κ3) is 3.85. The predicted molar refractivity (Wildman–Crippen MR) is 137 cm³/mol. The number of amides is 1. The van der Waals surface area contributed by atoms with Gasteiger partial charge in [0.25, 0.3) is 0 Å². The van der Waals surface area contributed by atoms with Crippen molar-refractivity contribution in [3.8, 4) is 22.6 Å². The summed E-state index contributed by atoms with van der Waals surface area (Å²) in [5.41, 5.74) is 5.10. The highest BCUT2D eigenvalue weighted by molar-refractivity contribution is 6.31. The number of nitrogens with two attached hydrogens (primary N) is 1. The van der Waals surface area contributed by atoms with Gasteiger partial charge in [-0.1, -0.05) is 12.1 Å². The van der Waals surface area contributed by atoms with Gasteiger partial charge in [-0.3, -0.25) is 24.0 Å². The van der Waals surface area contributed by atoms with Crippen molar-refractivity contribution >= 4 is 35.1 Å². The molecule has 0 aromatic heterocycles.